The average Bonchev–Trinajstić information content (AvgIpc) is 3.27. The van der Waals surface area contributed by atoms with Crippen LogP contribution in [0.4, 0.5) is 5.69 Å². The summed E-state index contributed by atoms with van der Waals surface area (Å²) in [5, 5.41) is 8.70. The first-order valence-corrected chi connectivity index (χ1v) is 9.56. The highest BCUT2D eigenvalue weighted by Crippen LogP contribution is 2.42. The van der Waals surface area contributed by atoms with Gasteiger partial charge in [-0.25, -0.2) is 4.68 Å². The van der Waals surface area contributed by atoms with Gasteiger partial charge in [-0.1, -0.05) is 35.0 Å². The van der Waals surface area contributed by atoms with Gasteiger partial charge in [0.05, 0.1) is 11.4 Å². The van der Waals surface area contributed by atoms with Crippen molar-refractivity contribution in [2.75, 3.05) is 11.4 Å². The lowest BCUT2D eigenvalue weighted by Gasteiger charge is -2.17. The fourth-order valence-electron chi connectivity index (χ4n) is 3.87. The zero-order valence-electron chi connectivity index (χ0n) is 15.6. The Kier molecular flexibility index (Phi) is 3.64. The summed E-state index contributed by atoms with van der Waals surface area (Å²) in [6.07, 6.45) is 3.08. The number of carbonyl (C=O) groups is 1. The van der Waals surface area contributed by atoms with Crippen LogP contribution in [0.1, 0.15) is 51.6 Å². The molecule has 0 spiro atoms. The minimum absolute atomic E-state index is 0.0281. The Balaban J connectivity index is 1.56. The molecule has 0 radical (unpaired) electrons. The Labute approximate surface area is 158 Å². The molecular formula is C22H22N4O. The van der Waals surface area contributed by atoms with E-state index in [4.69, 9.17) is 0 Å². The van der Waals surface area contributed by atoms with E-state index in [1.807, 2.05) is 21.7 Å². The smallest absolute Gasteiger partial charge is 0.280 e. The van der Waals surface area contributed by atoms with Crippen LogP contribution in [0.25, 0.3) is 5.69 Å². The highest BCUT2D eigenvalue weighted by atomic mass is 16.2. The van der Waals surface area contributed by atoms with Crippen molar-refractivity contribution in [1.82, 2.24) is 15.0 Å². The van der Waals surface area contributed by atoms with E-state index in [9.17, 15) is 4.79 Å². The van der Waals surface area contributed by atoms with Crippen molar-refractivity contribution in [3.05, 3.63) is 70.5 Å². The third kappa shape index (κ3) is 2.74. The van der Waals surface area contributed by atoms with Gasteiger partial charge in [0.1, 0.15) is 0 Å². The van der Waals surface area contributed by atoms with Crippen molar-refractivity contribution in [2.45, 2.75) is 39.0 Å². The summed E-state index contributed by atoms with van der Waals surface area (Å²) in [5.74, 6) is 0.347. The van der Waals surface area contributed by atoms with Gasteiger partial charge in [0.15, 0.2) is 5.69 Å². The maximum atomic E-state index is 13.4. The standard InChI is InChI=1S/C22H22N4O/c1-14-4-9-18(10-5-14)26-21(17-7-8-17)20(23-24-26)22(27)25-12-11-16-6-3-15(2)13-19(16)25/h3-6,9-10,13,17H,7-8,11-12H2,1-2H3. The number of fused-ring (bicyclic) bond motifs is 1. The van der Waals surface area contributed by atoms with E-state index in [0.29, 0.717) is 18.2 Å². The topological polar surface area (TPSA) is 51.0 Å². The summed E-state index contributed by atoms with van der Waals surface area (Å²) in [7, 11) is 0. The van der Waals surface area contributed by atoms with Crippen molar-refractivity contribution >= 4 is 11.6 Å². The predicted molar refractivity (Wildman–Crippen MR) is 105 cm³/mol. The number of anilines is 1. The molecule has 1 amide bonds. The Bertz CT molecular complexity index is 1030. The van der Waals surface area contributed by atoms with Crippen molar-refractivity contribution < 1.29 is 4.79 Å². The van der Waals surface area contributed by atoms with Gasteiger partial charge < -0.3 is 4.90 Å². The van der Waals surface area contributed by atoms with Gasteiger partial charge in [-0.15, -0.1) is 5.10 Å². The Morgan fingerprint density at radius 1 is 1.04 bits per heavy atom. The van der Waals surface area contributed by atoms with Crippen molar-refractivity contribution in [2.24, 2.45) is 0 Å². The molecule has 5 rings (SSSR count). The lowest BCUT2D eigenvalue weighted by atomic mass is 10.1. The second-order valence-corrected chi connectivity index (χ2v) is 7.68. The van der Waals surface area contributed by atoms with Crippen LogP contribution < -0.4 is 4.90 Å². The van der Waals surface area contributed by atoms with E-state index in [1.165, 1.54) is 16.7 Å². The van der Waals surface area contributed by atoms with E-state index < -0.39 is 0 Å². The van der Waals surface area contributed by atoms with E-state index in [0.717, 1.165) is 36.3 Å². The van der Waals surface area contributed by atoms with Crippen LogP contribution in [0, 0.1) is 13.8 Å². The van der Waals surface area contributed by atoms with Gasteiger partial charge in [-0.05, 0) is 62.4 Å². The van der Waals surface area contributed by atoms with E-state index >= 15 is 0 Å². The number of benzene rings is 2. The van der Waals surface area contributed by atoms with Crippen LogP contribution in [0.5, 0.6) is 0 Å². The van der Waals surface area contributed by atoms with Gasteiger partial charge in [0.2, 0.25) is 0 Å². The monoisotopic (exact) mass is 358 g/mol. The number of aryl methyl sites for hydroxylation is 2. The number of hydrogen-bond donors (Lipinski definition) is 0. The molecule has 0 atom stereocenters. The zero-order valence-corrected chi connectivity index (χ0v) is 15.6. The molecule has 27 heavy (non-hydrogen) atoms. The molecule has 0 saturated heterocycles. The molecule has 1 aliphatic carbocycles. The third-order valence-electron chi connectivity index (χ3n) is 5.53. The molecule has 136 valence electrons. The van der Waals surface area contributed by atoms with Crippen molar-refractivity contribution in [3.8, 4) is 5.69 Å². The molecule has 0 unspecified atom stereocenters. The summed E-state index contributed by atoms with van der Waals surface area (Å²) in [4.78, 5) is 15.3. The average molecular weight is 358 g/mol. The lowest BCUT2D eigenvalue weighted by Crippen LogP contribution is -2.30. The van der Waals surface area contributed by atoms with Gasteiger partial charge in [-0.2, -0.15) is 0 Å². The first kappa shape index (κ1) is 16.2. The minimum Gasteiger partial charge on any atom is -0.306 e. The summed E-state index contributed by atoms with van der Waals surface area (Å²) in [6.45, 7) is 4.83. The minimum atomic E-state index is -0.0281. The van der Waals surface area contributed by atoms with Crippen LogP contribution >= 0.6 is 0 Å². The number of rotatable bonds is 3. The SMILES string of the molecule is Cc1ccc(-n2nnc(C(=O)N3CCc4ccc(C)cc43)c2C2CC2)cc1. The highest BCUT2D eigenvalue weighted by molar-refractivity contribution is 6.07. The molecule has 0 bridgehead atoms. The molecule has 5 heteroatoms. The molecule has 1 saturated carbocycles. The first-order valence-electron chi connectivity index (χ1n) is 9.56. The first-order chi connectivity index (χ1) is 13.1. The molecule has 1 aromatic heterocycles. The molecule has 0 N–H and O–H groups in total. The summed E-state index contributed by atoms with van der Waals surface area (Å²) >= 11 is 0. The third-order valence-corrected chi connectivity index (χ3v) is 5.53. The van der Waals surface area contributed by atoms with Crippen LogP contribution in [0.3, 0.4) is 0 Å². The maximum Gasteiger partial charge on any atom is 0.280 e. The number of amides is 1. The molecule has 2 aromatic carbocycles. The summed E-state index contributed by atoms with van der Waals surface area (Å²) in [5.41, 5.74) is 7.05. The highest BCUT2D eigenvalue weighted by Gasteiger charge is 2.37. The number of hydrogen-bond acceptors (Lipinski definition) is 3. The quantitative estimate of drug-likeness (QED) is 0.712. The van der Waals surface area contributed by atoms with Crippen LogP contribution in [0.2, 0.25) is 0 Å². The molecule has 1 aliphatic heterocycles. The molecule has 5 nitrogen and oxygen atoms in total. The fraction of sp³-hybridized carbons (Fsp3) is 0.318. The van der Waals surface area contributed by atoms with Gasteiger partial charge in [-0.3, -0.25) is 4.79 Å². The summed E-state index contributed by atoms with van der Waals surface area (Å²) in [6, 6.07) is 14.5. The van der Waals surface area contributed by atoms with E-state index in [2.05, 4.69) is 54.5 Å². The van der Waals surface area contributed by atoms with E-state index in [1.54, 1.807) is 0 Å². The van der Waals surface area contributed by atoms with Gasteiger partial charge >= 0.3 is 0 Å². The van der Waals surface area contributed by atoms with Gasteiger partial charge in [0.25, 0.3) is 5.91 Å². The second kappa shape index (κ2) is 6.05. The number of nitrogens with zero attached hydrogens (tertiary/aromatic N) is 4. The van der Waals surface area contributed by atoms with Crippen LogP contribution in [0.15, 0.2) is 42.5 Å². The summed E-state index contributed by atoms with van der Waals surface area (Å²) < 4.78 is 1.86. The van der Waals surface area contributed by atoms with Crippen LogP contribution in [-0.4, -0.2) is 27.4 Å². The molecule has 1 fully saturated rings. The molecule has 2 heterocycles. The Morgan fingerprint density at radius 3 is 2.52 bits per heavy atom. The predicted octanol–water partition coefficient (Wildman–Crippen LogP) is 3.96. The molecule has 3 aromatic rings. The lowest BCUT2D eigenvalue weighted by molar-refractivity contribution is 0.0983. The zero-order chi connectivity index (χ0) is 18.5. The van der Waals surface area contributed by atoms with Gasteiger partial charge in [0, 0.05) is 18.2 Å². The Hall–Kier alpha value is -2.95. The van der Waals surface area contributed by atoms with Crippen molar-refractivity contribution in [1.29, 1.82) is 0 Å². The number of aromatic nitrogens is 3. The second-order valence-electron chi connectivity index (χ2n) is 7.68. The number of carbonyl (C=O) groups excluding carboxylic acids is 1. The maximum absolute atomic E-state index is 13.4. The molecular weight excluding hydrogens is 336 g/mol. The van der Waals surface area contributed by atoms with Crippen LogP contribution in [-0.2, 0) is 6.42 Å². The Morgan fingerprint density at radius 2 is 1.78 bits per heavy atom. The van der Waals surface area contributed by atoms with Crippen molar-refractivity contribution in [3.63, 3.8) is 0 Å². The fourth-order valence-corrected chi connectivity index (χ4v) is 3.87. The van der Waals surface area contributed by atoms with E-state index in [-0.39, 0.29) is 5.91 Å². The molecule has 2 aliphatic rings. The normalized spacial score (nSPS) is 15.9. The largest absolute Gasteiger partial charge is 0.306 e.